The van der Waals surface area contributed by atoms with E-state index in [4.69, 9.17) is 0 Å². The van der Waals surface area contributed by atoms with Crippen LogP contribution in [0.15, 0.2) is 78.9 Å². The van der Waals surface area contributed by atoms with E-state index in [1.807, 2.05) is 81.4 Å². The number of nitrogens with one attached hydrogen (secondary N) is 1. The molecule has 1 N–H and O–H groups in total. The molecule has 37 heavy (non-hydrogen) atoms. The molecule has 1 atom stereocenters. The van der Waals surface area contributed by atoms with Crippen LogP contribution in [-0.2, 0) is 32.6 Å². The Morgan fingerprint density at radius 2 is 1.54 bits per heavy atom. The van der Waals surface area contributed by atoms with Crippen molar-refractivity contribution in [3.63, 3.8) is 0 Å². The summed E-state index contributed by atoms with van der Waals surface area (Å²) in [5.74, 6) is -0.743. The van der Waals surface area contributed by atoms with E-state index in [-0.39, 0.29) is 12.5 Å². The Morgan fingerprint density at radius 1 is 0.865 bits per heavy atom. The summed E-state index contributed by atoms with van der Waals surface area (Å²) in [6.07, 6.45) is 1.38. The summed E-state index contributed by atoms with van der Waals surface area (Å²) in [7, 11) is -3.77. The number of hydrogen-bond donors (Lipinski definition) is 1. The van der Waals surface area contributed by atoms with E-state index in [1.54, 1.807) is 18.2 Å². The molecule has 8 heteroatoms. The van der Waals surface area contributed by atoms with Gasteiger partial charge in [0.15, 0.2) is 0 Å². The normalized spacial score (nSPS) is 12.0. The number of benzene rings is 3. The van der Waals surface area contributed by atoms with Crippen LogP contribution in [-0.4, -0.2) is 50.5 Å². The molecule has 0 aliphatic carbocycles. The van der Waals surface area contributed by atoms with Gasteiger partial charge < -0.3 is 10.2 Å². The Bertz CT molecular complexity index is 1310. The maximum atomic E-state index is 13.9. The van der Waals surface area contributed by atoms with Crippen LogP contribution in [0.1, 0.15) is 29.2 Å². The first-order chi connectivity index (χ1) is 17.6. The van der Waals surface area contributed by atoms with Gasteiger partial charge in [0, 0.05) is 19.5 Å². The molecule has 196 valence electrons. The number of carbonyl (C=O) groups is 2. The fourth-order valence-electron chi connectivity index (χ4n) is 4.13. The number of carbonyl (C=O) groups excluding carboxylic acids is 2. The van der Waals surface area contributed by atoms with Crippen LogP contribution < -0.4 is 9.62 Å². The lowest BCUT2D eigenvalue weighted by Gasteiger charge is -2.33. The summed E-state index contributed by atoms with van der Waals surface area (Å²) in [6.45, 7) is 5.83. The van der Waals surface area contributed by atoms with Crippen LogP contribution in [0, 0.1) is 13.8 Å². The van der Waals surface area contributed by atoms with Gasteiger partial charge in [-0.05, 0) is 49.6 Å². The van der Waals surface area contributed by atoms with Crippen LogP contribution in [0.25, 0.3) is 0 Å². The minimum absolute atomic E-state index is 0.166. The van der Waals surface area contributed by atoms with Crippen molar-refractivity contribution in [1.29, 1.82) is 0 Å². The Kier molecular flexibility index (Phi) is 9.47. The molecule has 3 aromatic carbocycles. The van der Waals surface area contributed by atoms with Crippen molar-refractivity contribution >= 4 is 27.5 Å². The molecule has 0 radical (unpaired) electrons. The standard InChI is InChI=1S/C29H35N3O4S/c1-5-30-29(34)27(19-24-11-7-6-8-12-24)31(20-25-16-14-22(2)15-17-25)28(33)21-32(37(4,35)36)26-13-9-10-23(3)18-26/h6-18,27H,5,19-21H2,1-4H3,(H,30,34)/t27-/m0/s1. The van der Waals surface area contributed by atoms with Gasteiger partial charge in [0.1, 0.15) is 12.6 Å². The Hall–Kier alpha value is -3.65. The molecular formula is C29H35N3O4S. The molecular weight excluding hydrogens is 486 g/mol. The van der Waals surface area contributed by atoms with E-state index in [0.717, 1.165) is 32.8 Å². The number of rotatable bonds is 11. The zero-order valence-corrected chi connectivity index (χ0v) is 22.7. The first-order valence-electron chi connectivity index (χ1n) is 12.3. The molecule has 3 aromatic rings. The number of aryl methyl sites for hydroxylation is 2. The Balaban J connectivity index is 2.03. The third-order valence-electron chi connectivity index (χ3n) is 6.06. The molecule has 0 fully saturated rings. The minimum Gasteiger partial charge on any atom is -0.355 e. The second kappa shape index (κ2) is 12.5. The zero-order chi connectivity index (χ0) is 27.0. The van der Waals surface area contributed by atoms with Crippen molar-refractivity contribution < 1.29 is 18.0 Å². The predicted molar refractivity (Wildman–Crippen MR) is 148 cm³/mol. The molecule has 0 heterocycles. The fraction of sp³-hybridized carbons (Fsp3) is 0.310. The van der Waals surface area contributed by atoms with Crippen LogP contribution in [0.5, 0.6) is 0 Å². The summed E-state index contributed by atoms with van der Waals surface area (Å²) in [5, 5.41) is 2.85. The number of nitrogens with zero attached hydrogens (tertiary/aromatic N) is 2. The van der Waals surface area contributed by atoms with Crippen molar-refractivity contribution in [2.75, 3.05) is 23.7 Å². The quantitative estimate of drug-likeness (QED) is 0.415. The van der Waals surface area contributed by atoms with Crippen LogP contribution in [0.3, 0.4) is 0 Å². The van der Waals surface area contributed by atoms with E-state index < -0.39 is 28.5 Å². The lowest BCUT2D eigenvalue weighted by atomic mass is 10.0. The van der Waals surface area contributed by atoms with Gasteiger partial charge in [-0.2, -0.15) is 0 Å². The summed E-state index contributed by atoms with van der Waals surface area (Å²) in [4.78, 5) is 28.7. The molecule has 0 aliphatic rings. The highest BCUT2D eigenvalue weighted by Crippen LogP contribution is 2.21. The van der Waals surface area contributed by atoms with Crippen molar-refractivity contribution in [2.45, 2.75) is 39.8 Å². The second-order valence-electron chi connectivity index (χ2n) is 9.22. The number of amides is 2. The van der Waals surface area contributed by atoms with Crippen LogP contribution >= 0.6 is 0 Å². The van der Waals surface area contributed by atoms with Crippen LogP contribution in [0.2, 0.25) is 0 Å². The minimum atomic E-state index is -3.77. The lowest BCUT2D eigenvalue weighted by Crippen LogP contribution is -2.53. The van der Waals surface area contributed by atoms with Crippen molar-refractivity contribution in [2.24, 2.45) is 0 Å². The van der Waals surface area contributed by atoms with Gasteiger partial charge >= 0.3 is 0 Å². The summed E-state index contributed by atoms with van der Waals surface area (Å²) in [5.41, 5.74) is 4.11. The van der Waals surface area contributed by atoms with E-state index in [2.05, 4.69) is 5.32 Å². The van der Waals surface area contributed by atoms with Crippen molar-refractivity contribution in [1.82, 2.24) is 10.2 Å². The molecule has 0 bridgehead atoms. The molecule has 0 unspecified atom stereocenters. The van der Waals surface area contributed by atoms with Gasteiger partial charge in [-0.1, -0.05) is 72.3 Å². The highest BCUT2D eigenvalue weighted by molar-refractivity contribution is 7.92. The number of sulfonamides is 1. The number of hydrogen-bond acceptors (Lipinski definition) is 4. The SMILES string of the molecule is CCNC(=O)[C@H](Cc1ccccc1)N(Cc1ccc(C)cc1)C(=O)CN(c1cccc(C)c1)S(C)(=O)=O. The van der Waals surface area contributed by atoms with Gasteiger partial charge in [0.05, 0.1) is 11.9 Å². The first kappa shape index (κ1) is 27.9. The molecule has 0 saturated carbocycles. The van der Waals surface area contributed by atoms with E-state index >= 15 is 0 Å². The molecule has 3 rings (SSSR count). The monoisotopic (exact) mass is 521 g/mol. The van der Waals surface area contributed by atoms with E-state index in [1.165, 1.54) is 4.90 Å². The lowest BCUT2D eigenvalue weighted by molar-refractivity contribution is -0.140. The Morgan fingerprint density at radius 3 is 2.14 bits per heavy atom. The molecule has 7 nitrogen and oxygen atoms in total. The average molecular weight is 522 g/mol. The molecule has 0 aromatic heterocycles. The molecule has 0 saturated heterocycles. The smallest absolute Gasteiger partial charge is 0.244 e. The highest BCUT2D eigenvalue weighted by Gasteiger charge is 2.32. The van der Waals surface area contributed by atoms with Crippen molar-refractivity contribution in [3.05, 3.63) is 101 Å². The van der Waals surface area contributed by atoms with Gasteiger partial charge in [-0.15, -0.1) is 0 Å². The van der Waals surface area contributed by atoms with Gasteiger partial charge in [0.2, 0.25) is 21.8 Å². The Labute approximate surface area is 220 Å². The largest absolute Gasteiger partial charge is 0.355 e. The molecule has 0 spiro atoms. The van der Waals surface area contributed by atoms with Gasteiger partial charge in [-0.3, -0.25) is 13.9 Å². The number of anilines is 1. The highest BCUT2D eigenvalue weighted by atomic mass is 32.2. The van der Waals surface area contributed by atoms with Gasteiger partial charge in [-0.25, -0.2) is 8.42 Å². The summed E-state index contributed by atoms with van der Waals surface area (Å²) in [6, 6.07) is 23.4. The van der Waals surface area contributed by atoms with E-state index in [0.29, 0.717) is 18.7 Å². The predicted octanol–water partition coefficient (Wildman–Crippen LogP) is 3.85. The van der Waals surface area contributed by atoms with Crippen LogP contribution in [0.4, 0.5) is 5.69 Å². The van der Waals surface area contributed by atoms with Crippen molar-refractivity contribution in [3.8, 4) is 0 Å². The second-order valence-corrected chi connectivity index (χ2v) is 11.1. The van der Waals surface area contributed by atoms with E-state index in [9.17, 15) is 18.0 Å². The maximum absolute atomic E-state index is 13.9. The molecule has 2 amide bonds. The third kappa shape index (κ3) is 7.92. The third-order valence-corrected chi connectivity index (χ3v) is 7.21. The summed E-state index contributed by atoms with van der Waals surface area (Å²) >= 11 is 0. The molecule has 0 aliphatic heterocycles. The fourth-order valence-corrected chi connectivity index (χ4v) is 4.97. The maximum Gasteiger partial charge on any atom is 0.244 e. The zero-order valence-electron chi connectivity index (χ0n) is 21.8. The first-order valence-corrected chi connectivity index (χ1v) is 14.1. The topological polar surface area (TPSA) is 86.8 Å². The number of likely N-dealkylation sites (N-methyl/N-ethyl adjacent to an activating group) is 1. The average Bonchev–Trinajstić information content (AvgIpc) is 2.85. The summed E-state index contributed by atoms with van der Waals surface area (Å²) < 4.78 is 26.6. The van der Waals surface area contributed by atoms with Gasteiger partial charge in [0.25, 0.3) is 0 Å².